The Morgan fingerprint density at radius 2 is 1.96 bits per heavy atom. The molecular formula is C16H15N5OS. The highest BCUT2D eigenvalue weighted by Gasteiger charge is 2.12. The van der Waals surface area contributed by atoms with E-state index in [1.165, 1.54) is 11.3 Å². The standard InChI is InChI=1S/C16H15N5OS/c1-22-9-6-7-10(14(17)18)11(8-9)15(19)21-16-20-12-4-2-3-5-13(12)23-16/h2-8H,1H3,(H3,17,18)(H2,19,20,21). The summed E-state index contributed by atoms with van der Waals surface area (Å²) in [6.45, 7) is 0. The molecule has 0 atom stereocenters. The summed E-state index contributed by atoms with van der Waals surface area (Å²) in [5.74, 6) is 0.783. The molecule has 0 fully saturated rings. The number of hydrogen-bond donors (Lipinski definition) is 3. The number of aromatic nitrogens is 1. The maximum absolute atomic E-state index is 7.68. The SMILES string of the molecule is COc1ccc(C(=N)N)c(/C(N)=N/c2nc3ccccc3s2)c1. The van der Waals surface area contributed by atoms with Crippen molar-refractivity contribution in [1.29, 1.82) is 5.41 Å². The minimum Gasteiger partial charge on any atom is -0.497 e. The molecule has 23 heavy (non-hydrogen) atoms. The molecular weight excluding hydrogens is 310 g/mol. The van der Waals surface area contributed by atoms with Crippen molar-refractivity contribution in [2.75, 3.05) is 7.11 Å². The molecule has 3 rings (SSSR count). The highest BCUT2D eigenvalue weighted by Crippen LogP contribution is 2.28. The number of aliphatic imine (C=N–C) groups is 1. The van der Waals surface area contributed by atoms with Crippen LogP contribution in [0.15, 0.2) is 47.5 Å². The number of rotatable bonds is 4. The number of ether oxygens (including phenoxy) is 1. The van der Waals surface area contributed by atoms with Crippen LogP contribution in [0, 0.1) is 5.41 Å². The predicted molar refractivity (Wildman–Crippen MR) is 94.0 cm³/mol. The fourth-order valence-electron chi connectivity index (χ4n) is 2.17. The monoisotopic (exact) mass is 325 g/mol. The summed E-state index contributed by atoms with van der Waals surface area (Å²) in [7, 11) is 1.56. The normalized spacial score (nSPS) is 11.6. The molecule has 0 aliphatic heterocycles. The number of amidine groups is 2. The van der Waals surface area contributed by atoms with E-state index in [4.69, 9.17) is 21.6 Å². The third-order valence-corrected chi connectivity index (χ3v) is 4.22. The number of para-hydroxylation sites is 1. The van der Waals surface area contributed by atoms with Gasteiger partial charge in [-0.25, -0.2) is 9.98 Å². The Bertz CT molecular complexity index is 883. The summed E-state index contributed by atoms with van der Waals surface area (Å²) in [5, 5.41) is 8.23. The van der Waals surface area contributed by atoms with E-state index in [-0.39, 0.29) is 11.7 Å². The van der Waals surface area contributed by atoms with Crippen molar-refractivity contribution >= 4 is 38.4 Å². The van der Waals surface area contributed by atoms with Gasteiger partial charge in [0.2, 0.25) is 5.13 Å². The molecule has 0 amide bonds. The molecule has 1 aromatic heterocycles. The van der Waals surface area contributed by atoms with Crippen LogP contribution in [0.3, 0.4) is 0 Å². The van der Waals surface area contributed by atoms with Gasteiger partial charge in [-0.05, 0) is 30.3 Å². The van der Waals surface area contributed by atoms with Crippen molar-refractivity contribution in [2.24, 2.45) is 16.5 Å². The largest absolute Gasteiger partial charge is 0.497 e. The number of thiazole rings is 1. The summed E-state index contributed by atoms with van der Waals surface area (Å²) >= 11 is 1.45. The number of nitrogen functional groups attached to an aromatic ring is 1. The third-order valence-electron chi connectivity index (χ3n) is 3.29. The van der Waals surface area contributed by atoms with E-state index >= 15 is 0 Å². The van der Waals surface area contributed by atoms with Gasteiger partial charge in [-0.15, -0.1) is 0 Å². The van der Waals surface area contributed by atoms with E-state index in [1.807, 2.05) is 24.3 Å². The van der Waals surface area contributed by atoms with Gasteiger partial charge >= 0.3 is 0 Å². The lowest BCUT2D eigenvalue weighted by Crippen LogP contribution is -2.21. The summed E-state index contributed by atoms with van der Waals surface area (Å²) in [6.07, 6.45) is 0. The minimum atomic E-state index is -0.0786. The van der Waals surface area contributed by atoms with Crippen LogP contribution in [0.5, 0.6) is 5.75 Å². The summed E-state index contributed by atoms with van der Waals surface area (Å²) in [4.78, 5) is 8.81. The Kier molecular flexibility index (Phi) is 3.94. The molecule has 3 aromatic rings. The van der Waals surface area contributed by atoms with Gasteiger partial charge in [-0.3, -0.25) is 5.41 Å². The lowest BCUT2D eigenvalue weighted by molar-refractivity contribution is 0.414. The molecule has 2 aromatic carbocycles. The molecule has 0 spiro atoms. The van der Waals surface area contributed by atoms with Gasteiger partial charge in [0, 0.05) is 11.1 Å². The van der Waals surface area contributed by atoms with E-state index in [9.17, 15) is 0 Å². The fourth-order valence-corrected chi connectivity index (χ4v) is 3.02. The maximum Gasteiger partial charge on any atom is 0.212 e. The first kappa shape index (κ1) is 15.0. The van der Waals surface area contributed by atoms with Gasteiger partial charge in [0.15, 0.2) is 0 Å². The van der Waals surface area contributed by atoms with Crippen LogP contribution in [0.25, 0.3) is 10.2 Å². The zero-order valence-electron chi connectivity index (χ0n) is 12.4. The molecule has 0 unspecified atom stereocenters. The van der Waals surface area contributed by atoms with Crippen LogP contribution < -0.4 is 16.2 Å². The Morgan fingerprint density at radius 3 is 2.65 bits per heavy atom. The number of methoxy groups -OCH3 is 1. The number of benzene rings is 2. The minimum absolute atomic E-state index is 0.0786. The van der Waals surface area contributed by atoms with Gasteiger partial charge in [0.1, 0.15) is 17.4 Å². The Morgan fingerprint density at radius 1 is 1.17 bits per heavy atom. The third kappa shape index (κ3) is 3.00. The van der Waals surface area contributed by atoms with Crippen LogP contribution in [-0.2, 0) is 0 Å². The molecule has 0 saturated carbocycles. The van der Waals surface area contributed by atoms with E-state index in [0.29, 0.717) is 22.0 Å². The van der Waals surface area contributed by atoms with Crippen LogP contribution in [0.1, 0.15) is 11.1 Å². The van der Waals surface area contributed by atoms with Crippen molar-refractivity contribution in [3.63, 3.8) is 0 Å². The zero-order valence-corrected chi connectivity index (χ0v) is 13.2. The van der Waals surface area contributed by atoms with Crippen LogP contribution >= 0.6 is 11.3 Å². The predicted octanol–water partition coefficient (Wildman–Crippen LogP) is 2.63. The van der Waals surface area contributed by atoms with Gasteiger partial charge in [0.25, 0.3) is 0 Å². The molecule has 0 radical (unpaired) electrons. The van der Waals surface area contributed by atoms with E-state index in [1.54, 1.807) is 25.3 Å². The number of nitrogens with zero attached hydrogens (tertiary/aromatic N) is 2. The maximum atomic E-state index is 7.68. The highest BCUT2D eigenvalue weighted by atomic mass is 32.1. The first-order chi connectivity index (χ1) is 11.1. The van der Waals surface area contributed by atoms with E-state index in [0.717, 1.165) is 10.2 Å². The van der Waals surface area contributed by atoms with Crippen molar-refractivity contribution in [1.82, 2.24) is 4.98 Å². The van der Waals surface area contributed by atoms with Gasteiger partial charge in [0.05, 0.1) is 17.3 Å². The number of nitrogens with one attached hydrogen (secondary N) is 1. The first-order valence-corrected chi connectivity index (χ1v) is 7.62. The van der Waals surface area contributed by atoms with Gasteiger partial charge in [-0.2, -0.15) is 0 Å². The molecule has 0 aliphatic rings. The molecule has 6 nitrogen and oxygen atoms in total. The van der Waals surface area contributed by atoms with Crippen molar-refractivity contribution in [3.05, 3.63) is 53.6 Å². The van der Waals surface area contributed by atoms with Crippen LogP contribution in [-0.4, -0.2) is 23.8 Å². The van der Waals surface area contributed by atoms with E-state index in [2.05, 4.69) is 9.98 Å². The average molecular weight is 325 g/mol. The van der Waals surface area contributed by atoms with Crippen molar-refractivity contribution in [2.45, 2.75) is 0 Å². The lowest BCUT2D eigenvalue weighted by atomic mass is 10.1. The summed E-state index contributed by atoms with van der Waals surface area (Å²) < 4.78 is 6.24. The molecule has 116 valence electrons. The number of fused-ring (bicyclic) bond motifs is 1. The van der Waals surface area contributed by atoms with Gasteiger partial charge < -0.3 is 16.2 Å². The molecule has 0 saturated heterocycles. The van der Waals surface area contributed by atoms with E-state index < -0.39 is 0 Å². The Hall–Kier alpha value is -2.93. The lowest BCUT2D eigenvalue weighted by Gasteiger charge is -2.09. The zero-order chi connectivity index (χ0) is 16.4. The first-order valence-electron chi connectivity index (χ1n) is 6.81. The number of nitrogens with two attached hydrogens (primary N) is 2. The topological polar surface area (TPSA) is 110 Å². The fraction of sp³-hybridized carbons (Fsp3) is 0.0625. The van der Waals surface area contributed by atoms with Crippen molar-refractivity contribution < 1.29 is 4.74 Å². The average Bonchev–Trinajstić information content (AvgIpc) is 2.96. The quantitative estimate of drug-likeness (QED) is 0.506. The second kappa shape index (κ2) is 6.05. The molecule has 0 aliphatic carbocycles. The molecule has 0 bridgehead atoms. The van der Waals surface area contributed by atoms with Crippen molar-refractivity contribution in [3.8, 4) is 5.75 Å². The summed E-state index contributed by atoms with van der Waals surface area (Å²) in [5.41, 5.74) is 13.7. The second-order valence-electron chi connectivity index (χ2n) is 4.79. The van der Waals surface area contributed by atoms with Gasteiger partial charge in [-0.1, -0.05) is 23.5 Å². The highest BCUT2D eigenvalue weighted by molar-refractivity contribution is 7.22. The number of hydrogen-bond acceptors (Lipinski definition) is 5. The molecule has 1 heterocycles. The Balaban J connectivity index is 2.07. The van der Waals surface area contributed by atoms with Crippen LogP contribution in [0.4, 0.5) is 5.13 Å². The molecule has 7 heteroatoms. The Labute approximate surface area is 136 Å². The molecule has 5 N–H and O–H groups in total. The smallest absolute Gasteiger partial charge is 0.212 e. The van der Waals surface area contributed by atoms with Crippen LogP contribution in [0.2, 0.25) is 0 Å². The second-order valence-corrected chi connectivity index (χ2v) is 5.80. The summed E-state index contributed by atoms with van der Waals surface area (Å²) in [6, 6.07) is 12.9.